The second-order valence-electron chi connectivity index (χ2n) is 5.35. The monoisotopic (exact) mass is 318 g/mol. The third-order valence-electron chi connectivity index (χ3n) is 3.77. The Morgan fingerprint density at radius 3 is 2.50 bits per heavy atom. The number of benzene rings is 3. The molecule has 0 atom stereocenters. The lowest BCUT2D eigenvalue weighted by atomic mass is 10.1. The van der Waals surface area contributed by atoms with Gasteiger partial charge in [-0.05, 0) is 40.1 Å². The first-order valence-corrected chi connectivity index (χ1v) is 7.72. The Kier molecular flexibility index (Phi) is 4.92. The first kappa shape index (κ1) is 15.8. The molecule has 0 aliphatic rings. The first-order chi connectivity index (χ1) is 11.8. The van der Waals surface area contributed by atoms with Gasteiger partial charge in [-0.25, -0.2) is 4.79 Å². The Labute approximate surface area is 141 Å². The molecule has 0 amide bonds. The number of methoxy groups -OCH3 is 1. The van der Waals surface area contributed by atoms with E-state index >= 15 is 0 Å². The van der Waals surface area contributed by atoms with Gasteiger partial charge in [0.05, 0.1) is 7.11 Å². The predicted molar refractivity (Wildman–Crippen MR) is 95.8 cm³/mol. The number of fused-ring (bicyclic) bond motifs is 1. The largest absolute Gasteiger partial charge is 0.489 e. The molecule has 120 valence electrons. The summed E-state index contributed by atoms with van der Waals surface area (Å²) >= 11 is 0. The van der Waals surface area contributed by atoms with E-state index in [1.165, 1.54) is 24.0 Å². The van der Waals surface area contributed by atoms with Crippen molar-refractivity contribution >= 4 is 22.8 Å². The van der Waals surface area contributed by atoms with Gasteiger partial charge in [0.25, 0.3) is 0 Å². The quantitative estimate of drug-likeness (QED) is 0.509. The van der Waals surface area contributed by atoms with Crippen LogP contribution in [0.15, 0.2) is 72.8 Å². The summed E-state index contributed by atoms with van der Waals surface area (Å²) in [4.78, 5) is 11.1. The first-order valence-electron chi connectivity index (χ1n) is 7.72. The lowest BCUT2D eigenvalue weighted by Crippen LogP contribution is -1.96. The maximum atomic E-state index is 11.1. The van der Waals surface area contributed by atoms with Gasteiger partial charge in [-0.15, -0.1) is 0 Å². The fourth-order valence-electron chi connectivity index (χ4n) is 2.49. The van der Waals surface area contributed by atoms with Crippen molar-refractivity contribution in [2.45, 2.75) is 6.61 Å². The molecule has 24 heavy (non-hydrogen) atoms. The van der Waals surface area contributed by atoms with Crippen molar-refractivity contribution in [2.75, 3.05) is 7.11 Å². The van der Waals surface area contributed by atoms with Gasteiger partial charge in [0, 0.05) is 6.08 Å². The smallest absolute Gasteiger partial charge is 0.330 e. The van der Waals surface area contributed by atoms with Crippen LogP contribution >= 0.6 is 0 Å². The number of rotatable bonds is 5. The lowest BCUT2D eigenvalue weighted by molar-refractivity contribution is -0.134. The molecule has 0 aliphatic heterocycles. The number of esters is 1. The minimum Gasteiger partial charge on any atom is -0.489 e. The topological polar surface area (TPSA) is 35.5 Å². The minimum absolute atomic E-state index is 0.369. The molecule has 0 heterocycles. The molecule has 3 aromatic carbocycles. The molecule has 0 aliphatic carbocycles. The average Bonchev–Trinajstić information content (AvgIpc) is 2.65. The standard InChI is InChI=1S/C21H18O3/c1-23-21(22)14-11-16-9-12-19(13-10-16)24-15-18-7-4-6-17-5-2-3-8-20(17)18/h2-14H,15H2,1H3/b14-11+. The van der Waals surface area contributed by atoms with Crippen LogP contribution in [0.3, 0.4) is 0 Å². The van der Waals surface area contributed by atoms with E-state index in [0.717, 1.165) is 16.9 Å². The number of hydrogen-bond donors (Lipinski definition) is 0. The van der Waals surface area contributed by atoms with E-state index in [1.807, 2.05) is 42.5 Å². The Hall–Kier alpha value is -3.07. The maximum Gasteiger partial charge on any atom is 0.330 e. The van der Waals surface area contributed by atoms with Crippen LogP contribution in [-0.4, -0.2) is 13.1 Å². The molecule has 0 radical (unpaired) electrons. The summed E-state index contributed by atoms with van der Waals surface area (Å²) in [5, 5.41) is 2.42. The van der Waals surface area contributed by atoms with Crippen molar-refractivity contribution in [2.24, 2.45) is 0 Å². The van der Waals surface area contributed by atoms with E-state index in [2.05, 4.69) is 29.0 Å². The second kappa shape index (κ2) is 7.47. The van der Waals surface area contributed by atoms with Crippen LogP contribution in [0.5, 0.6) is 5.75 Å². The van der Waals surface area contributed by atoms with Gasteiger partial charge in [-0.2, -0.15) is 0 Å². The molecule has 0 fully saturated rings. The van der Waals surface area contributed by atoms with E-state index in [9.17, 15) is 4.79 Å². The van der Waals surface area contributed by atoms with E-state index in [0.29, 0.717) is 6.61 Å². The van der Waals surface area contributed by atoms with Crippen LogP contribution < -0.4 is 4.74 Å². The molecule has 3 aromatic rings. The van der Waals surface area contributed by atoms with Crippen molar-refractivity contribution in [3.63, 3.8) is 0 Å². The van der Waals surface area contributed by atoms with Gasteiger partial charge in [-0.3, -0.25) is 0 Å². The fourth-order valence-corrected chi connectivity index (χ4v) is 2.49. The average molecular weight is 318 g/mol. The molecule has 3 heteroatoms. The Morgan fingerprint density at radius 2 is 1.71 bits per heavy atom. The Bertz CT molecular complexity index is 858. The summed E-state index contributed by atoms with van der Waals surface area (Å²) in [7, 11) is 1.36. The van der Waals surface area contributed by atoms with Crippen LogP contribution in [-0.2, 0) is 16.1 Å². The van der Waals surface area contributed by atoms with Crippen LogP contribution in [0.4, 0.5) is 0 Å². The highest BCUT2D eigenvalue weighted by Crippen LogP contribution is 2.21. The van der Waals surface area contributed by atoms with Gasteiger partial charge in [0.2, 0.25) is 0 Å². The number of carbonyl (C=O) groups excluding carboxylic acids is 1. The van der Waals surface area contributed by atoms with Gasteiger partial charge in [0.15, 0.2) is 0 Å². The summed E-state index contributed by atoms with van der Waals surface area (Å²) in [6.07, 6.45) is 3.10. The van der Waals surface area contributed by atoms with Crippen molar-refractivity contribution in [3.05, 3.63) is 83.9 Å². The normalized spacial score (nSPS) is 10.9. The number of carbonyl (C=O) groups is 1. The molecular weight excluding hydrogens is 300 g/mol. The van der Waals surface area contributed by atoms with Gasteiger partial charge in [-0.1, -0.05) is 54.6 Å². The molecule has 0 unspecified atom stereocenters. The number of hydrogen-bond acceptors (Lipinski definition) is 3. The zero-order valence-electron chi connectivity index (χ0n) is 13.4. The molecule has 0 aromatic heterocycles. The SMILES string of the molecule is COC(=O)/C=C/c1ccc(OCc2cccc3ccccc23)cc1. The minimum atomic E-state index is -0.369. The highest BCUT2D eigenvalue weighted by atomic mass is 16.5. The maximum absolute atomic E-state index is 11.1. The third kappa shape index (κ3) is 3.82. The van der Waals surface area contributed by atoms with E-state index in [1.54, 1.807) is 6.08 Å². The molecule has 0 saturated heterocycles. The third-order valence-corrected chi connectivity index (χ3v) is 3.77. The Balaban J connectivity index is 1.68. The zero-order chi connectivity index (χ0) is 16.8. The molecule has 3 nitrogen and oxygen atoms in total. The summed E-state index contributed by atoms with van der Waals surface area (Å²) in [6, 6.07) is 22.1. The molecule has 3 rings (SSSR count). The van der Waals surface area contributed by atoms with Crippen LogP contribution in [0.2, 0.25) is 0 Å². The van der Waals surface area contributed by atoms with Crippen molar-refractivity contribution in [1.82, 2.24) is 0 Å². The van der Waals surface area contributed by atoms with Gasteiger partial charge < -0.3 is 9.47 Å². The summed E-state index contributed by atoms with van der Waals surface area (Å²) in [5.41, 5.74) is 2.07. The Morgan fingerprint density at radius 1 is 0.958 bits per heavy atom. The van der Waals surface area contributed by atoms with Crippen molar-refractivity contribution in [3.8, 4) is 5.75 Å². The highest BCUT2D eigenvalue weighted by Gasteiger charge is 2.01. The van der Waals surface area contributed by atoms with Crippen LogP contribution in [0.25, 0.3) is 16.8 Å². The van der Waals surface area contributed by atoms with E-state index in [4.69, 9.17) is 4.74 Å². The fraction of sp³-hybridized carbons (Fsp3) is 0.0952. The van der Waals surface area contributed by atoms with E-state index < -0.39 is 0 Å². The number of ether oxygens (including phenoxy) is 2. The highest BCUT2D eigenvalue weighted by molar-refractivity contribution is 5.87. The van der Waals surface area contributed by atoms with Crippen LogP contribution in [0.1, 0.15) is 11.1 Å². The lowest BCUT2D eigenvalue weighted by Gasteiger charge is -2.09. The van der Waals surface area contributed by atoms with Crippen LogP contribution in [0, 0.1) is 0 Å². The second-order valence-corrected chi connectivity index (χ2v) is 5.35. The predicted octanol–water partition coefficient (Wildman–Crippen LogP) is 4.61. The zero-order valence-corrected chi connectivity index (χ0v) is 13.4. The molecule has 0 bridgehead atoms. The molecule has 0 N–H and O–H groups in total. The molecule has 0 spiro atoms. The van der Waals surface area contributed by atoms with Crippen molar-refractivity contribution < 1.29 is 14.3 Å². The summed E-state index contributed by atoms with van der Waals surface area (Å²) in [6.45, 7) is 0.513. The molecular formula is C21H18O3. The molecule has 0 saturated carbocycles. The van der Waals surface area contributed by atoms with Crippen molar-refractivity contribution in [1.29, 1.82) is 0 Å². The van der Waals surface area contributed by atoms with Gasteiger partial charge >= 0.3 is 5.97 Å². The summed E-state index contributed by atoms with van der Waals surface area (Å²) < 4.78 is 10.5. The van der Waals surface area contributed by atoms with E-state index in [-0.39, 0.29) is 5.97 Å². The summed E-state index contributed by atoms with van der Waals surface area (Å²) in [5.74, 6) is 0.421. The van der Waals surface area contributed by atoms with Gasteiger partial charge in [0.1, 0.15) is 12.4 Å².